The van der Waals surface area contributed by atoms with E-state index in [-0.39, 0.29) is 11.7 Å². The van der Waals surface area contributed by atoms with Crippen molar-refractivity contribution in [2.24, 2.45) is 0 Å². The fraction of sp³-hybridized carbons (Fsp3) is 0.286. The number of carbonyl (C=O) groups is 2. The normalized spacial score (nSPS) is 14.8. The first-order valence-electron chi connectivity index (χ1n) is 9.47. The number of methoxy groups -OCH3 is 1. The first kappa shape index (κ1) is 18.9. The number of nitrogens with zero attached hydrogens (tertiary/aromatic N) is 4. The molecule has 2 amide bonds. The van der Waals surface area contributed by atoms with Crippen molar-refractivity contribution < 1.29 is 14.3 Å². The third kappa shape index (κ3) is 3.79. The molecule has 8 heteroatoms. The van der Waals surface area contributed by atoms with Crippen LogP contribution in [-0.4, -0.2) is 71.3 Å². The number of anilines is 1. The number of benzene rings is 1. The zero-order valence-corrected chi connectivity index (χ0v) is 16.5. The van der Waals surface area contributed by atoms with Gasteiger partial charge in [0, 0.05) is 44.1 Å². The molecule has 1 fully saturated rings. The number of carbonyl (C=O) groups excluding carboxylic acids is 2. The number of hydrogen-bond acceptors (Lipinski definition) is 5. The van der Waals surface area contributed by atoms with Crippen LogP contribution in [0.3, 0.4) is 0 Å². The number of fused-ring (bicyclic) bond motifs is 1. The Bertz CT molecular complexity index is 1050. The SMILES string of the molecule is COc1cccc(NC(=O)c2nc(C(=O)N3CCN(C)CC3)c3ccccn23)c1. The Kier molecular flexibility index (Phi) is 5.18. The van der Waals surface area contributed by atoms with Gasteiger partial charge in [0.05, 0.1) is 12.6 Å². The number of hydrogen-bond donors (Lipinski definition) is 1. The van der Waals surface area contributed by atoms with Gasteiger partial charge >= 0.3 is 0 Å². The molecule has 4 rings (SSSR count). The van der Waals surface area contributed by atoms with E-state index in [9.17, 15) is 9.59 Å². The molecule has 0 saturated carbocycles. The van der Waals surface area contributed by atoms with Gasteiger partial charge in [-0.25, -0.2) is 4.98 Å². The fourth-order valence-corrected chi connectivity index (χ4v) is 3.40. The number of piperazine rings is 1. The molecular weight excluding hydrogens is 370 g/mol. The standard InChI is InChI=1S/C21H23N5O3/c1-24-10-12-25(13-11-24)21(28)18-17-8-3-4-9-26(17)19(23-18)20(27)22-15-6-5-7-16(14-15)29-2/h3-9,14H,10-13H2,1-2H3,(H,22,27). The third-order valence-corrected chi connectivity index (χ3v) is 5.07. The zero-order chi connectivity index (χ0) is 20.4. The number of aromatic nitrogens is 2. The van der Waals surface area contributed by atoms with Crippen molar-refractivity contribution in [3.63, 3.8) is 0 Å². The molecule has 0 unspecified atom stereocenters. The number of amides is 2. The van der Waals surface area contributed by atoms with Crippen LogP contribution in [0.25, 0.3) is 5.52 Å². The predicted molar refractivity (Wildman–Crippen MR) is 110 cm³/mol. The summed E-state index contributed by atoms with van der Waals surface area (Å²) in [5.41, 5.74) is 1.51. The minimum Gasteiger partial charge on any atom is -0.497 e. The lowest BCUT2D eigenvalue weighted by Crippen LogP contribution is -2.47. The summed E-state index contributed by atoms with van der Waals surface area (Å²) >= 11 is 0. The molecule has 2 aromatic heterocycles. The van der Waals surface area contributed by atoms with Crippen LogP contribution in [0, 0.1) is 0 Å². The molecule has 29 heavy (non-hydrogen) atoms. The average molecular weight is 393 g/mol. The molecule has 8 nitrogen and oxygen atoms in total. The summed E-state index contributed by atoms with van der Waals surface area (Å²) in [6.07, 6.45) is 1.74. The molecule has 150 valence electrons. The largest absolute Gasteiger partial charge is 0.497 e. The summed E-state index contributed by atoms with van der Waals surface area (Å²) in [7, 11) is 3.61. The molecule has 1 N–H and O–H groups in total. The lowest BCUT2D eigenvalue weighted by molar-refractivity contribution is 0.0661. The Labute approximate surface area is 168 Å². The highest BCUT2D eigenvalue weighted by Crippen LogP contribution is 2.20. The van der Waals surface area contributed by atoms with Crippen molar-refractivity contribution in [2.75, 3.05) is 45.7 Å². The van der Waals surface area contributed by atoms with E-state index >= 15 is 0 Å². The van der Waals surface area contributed by atoms with Crippen LogP contribution in [0.1, 0.15) is 21.1 Å². The quantitative estimate of drug-likeness (QED) is 0.733. The van der Waals surface area contributed by atoms with Crippen molar-refractivity contribution in [1.29, 1.82) is 0 Å². The van der Waals surface area contributed by atoms with Gasteiger partial charge in [-0.3, -0.25) is 14.0 Å². The molecule has 1 saturated heterocycles. The first-order chi connectivity index (χ1) is 14.1. The Morgan fingerprint density at radius 3 is 2.62 bits per heavy atom. The minimum absolute atomic E-state index is 0.151. The zero-order valence-electron chi connectivity index (χ0n) is 16.5. The predicted octanol–water partition coefficient (Wildman–Crippen LogP) is 1.98. The highest BCUT2D eigenvalue weighted by molar-refractivity contribution is 6.06. The summed E-state index contributed by atoms with van der Waals surface area (Å²) in [5.74, 6) is 0.265. The summed E-state index contributed by atoms with van der Waals surface area (Å²) < 4.78 is 6.85. The first-order valence-corrected chi connectivity index (χ1v) is 9.47. The van der Waals surface area contributed by atoms with Crippen LogP contribution in [0.5, 0.6) is 5.75 Å². The van der Waals surface area contributed by atoms with Gasteiger partial charge in [-0.05, 0) is 31.3 Å². The lowest BCUT2D eigenvalue weighted by Gasteiger charge is -2.32. The molecule has 0 aliphatic carbocycles. The molecule has 1 aromatic carbocycles. The van der Waals surface area contributed by atoms with Gasteiger partial charge in [0.25, 0.3) is 11.8 Å². The number of likely N-dealkylation sites (N-methyl/N-ethyl adjacent to an activating group) is 1. The molecule has 3 aromatic rings. The fourth-order valence-electron chi connectivity index (χ4n) is 3.40. The second-order valence-corrected chi connectivity index (χ2v) is 7.02. The van der Waals surface area contributed by atoms with Crippen molar-refractivity contribution in [2.45, 2.75) is 0 Å². The number of pyridine rings is 1. The third-order valence-electron chi connectivity index (χ3n) is 5.07. The minimum atomic E-state index is -0.392. The number of ether oxygens (including phenoxy) is 1. The van der Waals surface area contributed by atoms with Crippen LogP contribution < -0.4 is 10.1 Å². The van der Waals surface area contributed by atoms with Crippen LogP contribution in [0.2, 0.25) is 0 Å². The molecule has 0 spiro atoms. The maximum Gasteiger partial charge on any atom is 0.292 e. The monoisotopic (exact) mass is 393 g/mol. The number of rotatable bonds is 4. The molecule has 0 atom stereocenters. The smallest absolute Gasteiger partial charge is 0.292 e. The van der Waals surface area contributed by atoms with E-state index in [1.165, 1.54) is 0 Å². The Morgan fingerprint density at radius 2 is 1.86 bits per heavy atom. The van der Waals surface area contributed by atoms with E-state index in [4.69, 9.17) is 4.74 Å². The van der Waals surface area contributed by atoms with Crippen molar-refractivity contribution in [3.05, 3.63) is 60.2 Å². The maximum atomic E-state index is 13.1. The van der Waals surface area contributed by atoms with E-state index in [1.807, 2.05) is 13.1 Å². The van der Waals surface area contributed by atoms with E-state index < -0.39 is 5.91 Å². The summed E-state index contributed by atoms with van der Waals surface area (Å²) in [4.78, 5) is 34.4. The van der Waals surface area contributed by atoms with E-state index in [0.717, 1.165) is 13.1 Å². The molecule has 0 bridgehead atoms. The lowest BCUT2D eigenvalue weighted by atomic mass is 10.2. The van der Waals surface area contributed by atoms with E-state index in [2.05, 4.69) is 15.2 Å². The van der Waals surface area contributed by atoms with Gasteiger partial charge in [0.1, 0.15) is 5.75 Å². The second kappa shape index (κ2) is 7.92. The summed E-state index contributed by atoms with van der Waals surface area (Å²) in [6, 6.07) is 12.5. The van der Waals surface area contributed by atoms with Gasteiger partial charge in [0.15, 0.2) is 5.69 Å². The van der Waals surface area contributed by atoms with Crippen LogP contribution in [0.4, 0.5) is 5.69 Å². The average Bonchev–Trinajstić information content (AvgIpc) is 3.14. The van der Waals surface area contributed by atoms with Crippen LogP contribution in [0.15, 0.2) is 48.7 Å². The van der Waals surface area contributed by atoms with Gasteiger partial charge in [-0.1, -0.05) is 12.1 Å². The molecule has 3 heterocycles. The summed E-state index contributed by atoms with van der Waals surface area (Å²) in [6.45, 7) is 2.93. The second-order valence-electron chi connectivity index (χ2n) is 7.02. The van der Waals surface area contributed by atoms with E-state index in [0.29, 0.717) is 35.7 Å². The highest BCUT2D eigenvalue weighted by Gasteiger charge is 2.27. The Morgan fingerprint density at radius 1 is 1.07 bits per heavy atom. The van der Waals surface area contributed by atoms with Gasteiger partial charge in [-0.2, -0.15) is 0 Å². The Hall–Kier alpha value is -3.39. The maximum absolute atomic E-state index is 13.1. The van der Waals surface area contributed by atoms with Crippen molar-refractivity contribution in [1.82, 2.24) is 19.2 Å². The number of nitrogens with one attached hydrogen (secondary N) is 1. The Balaban J connectivity index is 1.65. The van der Waals surface area contributed by atoms with Crippen LogP contribution >= 0.6 is 0 Å². The van der Waals surface area contributed by atoms with Gasteiger partial charge in [0.2, 0.25) is 5.82 Å². The summed E-state index contributed by atoms with van der Waals surface area (Å²) in [5, 5.41) is 2.83. The molecule has 1 aliphatic heterocycles. The highest BCUT2D eigenvalue weighted by atomic mass is 16.5. The topological polar surface area (TPSA) is 79.2 Å². The molecule has 0 radical (unpaired) electrons. The number of imidazole rings is 1. The van der Waals surface area contributed by atoms with E-state index in [1.54, 1.807) is 59.0 Å². The van der Waals surface area contributed by atoms with Crippen molar-refractivity contribution in [3.8, 4) is 5.75 Å². The van der Waals surface area contributed by atoms with Gasteiger partial charge in [-0.15, -0.1) is 0 Å². The van der Waals surface area contributed by atoms with Crippen molar-refractivity contribution >= 4 is 23.0 Å². The molecular formula is C21H23N5O3. The van der Waals surface area contributed by atoms with Gasteiger partial charge < -0.3 is 19.9 Å². The van der Waals surface area contributed by atoms with Crippen LogP contribution in [-0.2, 0) is 0 Å². The molecule has 1 aliphatic rings.